The molecule has 0 saturated heterocycles. The van der Waals surface area contributed by atoms with Crippen molar-refractivity contribution in [2.45, 2.75) is 78.6 Å². The summed E-state index contributed by atoms with van der Waals surface area (Å²) in [6, 6.07) is 130. The molecule has 3 heterocycles. The first kappa shape index (κ1) is 66.6. The van der Waals surface area contributed by atoms with Crippen molar-refractivity contribution in [2.75, 3.05) is 9.80 Å². The molecule has 0 N–H and O–H groups in total. The SMILES string of the molecule is CC(C)(C)c1cc(-c2ccccc2)c(N2c3cc(-c4ccc5c(-c6ccccc6)c6ccccc6c(-c6ccccc6)c5c4)ccc3B3c4ccc(-c5ccc6sc7ccccc7c6c5)cc4N(c4c(-c5ccccc5)cc(C(C)(C)C)cc4-c4ccccc4)c4cc(C(C)(C)C)cc2c43)c(-c2ccccc2)c1. The van der Waals surface area contributed by atoms with Crippen LogP contribution in [0.4, 0.5) is 34.1 Å². The van der Waals surface area contributed by atoms with Crippen molar-refractivity contribution < 1.29 is 0 Å². The number of thiophene rings is 1. The first-order chi connectivity index (χ1) is 52.5. The summed E-state index contributed by atoms with van der Waals surface area (Å²) in [5, 5.41) is 7.50. The Bertz CT molecular complexity index is 6280. The van der Waals surface area contributed by atoms with E-state index >= 15 is 0 Å². The van der Waals surface area contributed by atoms with Gasteiger partial charge in [-0.3, -0.25) is 0 Å². The molecule has 2 aliphatic heterocycles. The molecule has 0 amide bonds. The van der Waals surface area contributed by atoms with Crippen LogP contribution in [0.15, 0.2) is 340 Å². The standard InChI is InChI=1S/C104H83BN2S/c1-102(2,3)76-60-83(66-32-16-10-17-33-66)100(84(61-76)67-34-18-11-19-35-67)106-91-58-74(72-48-52-82-88(57-72)98(71-42-26-15-27-43-71)81-46-29-28-45-80(81)97(82)70-40-24-14-25-41-70)49-53-89(91)105-90-54-50-75(73-51-55-96-87(56-73)79-44-30-31-47-95(79)108-96)59-92(90)107(94-65-78(104(7,8)9)64-93(106)99(94)105)101-85(68-36-20-12-21-37-68)62-77(103(4,5)6)63-86(101)69-38-22-13-23-39-69/h10-65H,1-9H3. The van der Waals surface area contributed by atoms with Crippen molar-refractivity contribution in [3.05, 3.63) is 356 Å². The first-order valence-electron chi connectivity index (χ1n) is 38.2. The Hall–Kier alpha value is -12.1. The summed E-state index contributed by atoms with van der Waals surface area (Å²) in [5.41, 5.74) is 32.7. The predicted octanol–water partition coefficient (Wildman–Crippen LogP) is 27.7. The number of fused-ring (bicyclic) bond motifs is 9. The van der Waals surface area contributed by atoms with Gasteiger partial charge in [-0.2, -0.15) is 0 Å². The van der Waals surface area contributed by atoms with Crippen LogP contribution in [0.5, 0.6) is 0 Å². The number of nitrogens with zero attached hydrogens (tertiary/aromatic N) is 2. The molecular formula is C104H83BN2S. The Labute approximate surface area is 639 Å². The lowest BCUT2D eigenvalue weighted by Crippen LogP contribution is -2.61. The van der Waals surface area contributed by atoms with E-state index in [9.17, 15) is 0 Å². The van der Waals surface area contributed by atoms with E-state index in [1.54, 1.807) is 0 Å². The molecule has 2 nitrogen and oxygen atoms in total. The summed E-state index contributed by atoms with van der Waals surface area (Å²) in [6.45, 7) is 21.2. The Balaban J connectivity index is 0.967. The Morgan fingerprint density at radius 3 is 0.944 bits per heavy atom. The zero-order chi connectivity index (χ0) is 73.3. The van der Waals surface area contributed by atoms with E-state index in [1.807, 2.05) is 11.3 Å². The van der Waals surface area contributed by atoms with Gasteiger partial charge in [0.05, 0.1) is 11.4 Å². The van der Waals surface area contributed by atoms with Gasteiger partial charge in [-0.25, -0.2) is 0 Å². The summed E-state index contributed by atoms with van der Waals surface area (Å²) in [4.78, 5) is 5.48. The quantitative estimate of drug-likeness (QED) is 0.0995. The molecule has 0 spiro atoms. The van der Waals surface area contributed by atoms with Gasteiger partial charge in [-0.15, -0.1) is 11.3 Å². The lowest BCUT2D eigenvalue weighted by Gasteiger charge is -2.47. The van der Waals surface area contributed by atoms with Crippen LogP contribution in [0.3, 0.4) is 0 Å². The van der Waals surface area contributed by atoms with Gasteiger partial charge in [0.1, 0.15) is 0 Å². The van der Waals surface area contributed by atoms with Crippen LogP contribution < -0.4 is 26.2 Å². The molecule has 518 valence electrons. The van der Waals surface area contributed by atoms with Gasteiger partial charge >= 0.3 is 0 Å². The van der Waals surface area contributed by atoms with E-state index in [0.29, 0.717) is 0 Å². The highest BCUT2D eigenvalue weighted by Gasteiger charge is 2.46. The highest BCUT2D eigenvalue weighted by atomic mass is 32.1. The van der Waals surface area contributed by atoms with Crippen LogP contribution in [-0.4, -0.2) is 6.71 Å². The van der Waals surface area contributed by atoms with E-state index in [2.05, 4.69) is 412 Å². The summed E-state index contributed by atoms with van der Waals surface area (Å²) in [5.74, 6) is 0. The molecule has 0 atom stereocenters. The van der Waals surface area contributed by atoms with Crippen molar-refractivity contribution in [1.82, 2.24) is 0 Å². The smallest absolute Gasteiger partial charge is 0.252 e. The average molecular weight is 1400 g/mol. The van der Waals surface area contributed by atoms with Crippen molar-refractivity contribution in [2.24, 2.45) is 0 Å². The Kier molecular flexibility index (Phi) is 16.0. The number of rotatable bonds is 10. The summed E-state index contributed by atoms with van der Waals surface area (Å²) in [7, 11) is 0. The molecule has 16 aromatic carbocycles. The van der Waals surface area contributed by atoms with E-state index in [1.165, 1.54) is 147 Å². The lowest BCUT2D eigenvalue weighted by molar-refractivity contribution is 0.590. The third-order valence-electron chi connectivity index (χ3n) is 22.9. The van der Waals surface area contributed by atoms with Crippen molar-refractivity contribution in [3.63, 3.8) is 0 Å². The fourth-order valence-corrected chi connectivity index (χ4v) is 18.4. The van der Waals surface area contributed by atoms with Crippen molar-refractivity contribution in [3.8, 4) is 89.0 Å². The lowest BCUT2D eigenvalue weighted by atomic mass is 9.33. The molecule has 4 heteroatoms. The van der Waals surface area contributed by atoms with Gasteiger partial charge in [0.2, 0.25) is 0 Å². The summed E-state index contributed by atoms with van der Waals surface area (Å²) in [6.07, 6.45) is 0. The molecule has 0 radical (unpaired) electrons. The fourth-order valence-electron chi connectivity index (χ4n) is 17.3. The normalized spacial score (nSPS) is 12.8. The van der Waals surface area contributed by atoms with Crippen molar-refractivity contribution in [1.29, 1.82) is 0 Å². The largest absolute Gasteiger partial charge is 0.310 e. The van der Waals surface area contributed by atoms with Crippen LogP contribution in [0.25, 0.3) is 131 Å². The highest BCUT2D eigenvalue weighted by Crippen LogP contribution is 2.56. The highest BCUT2D eigenvalue weighted by molar-refractivity contribution is 7.25. The van der Waals surface area contributed by atoms with E-state index < -0.39 is 0 Å². The van der Waals surface area contributed by atoms with E-state index in [4.69, 9.17) is 0 Å². The third-order valence-corrected chi connectivity index (χ3v) is 24.0. The Morgan fingerprint density at radius 2 is 0.537 bits per heavy atom. The summed E-state index contributed by atoms with van der Waals surface area (Å²) < 4.78 is 2.60. The van der Waals surface area contributed by atoms with Gasteiger partial charge in [-0.1, -0.05) is 329 Å². The molecular weight excluding hydrogens is 1320 g/mol. The fraction of sp³-hybridized carbons (Fsp3) is 0.115. The topological polar surface area (TPSA) is 6.48 Å². The second-order valence-electron chi connectivity index (χ2n) is 32.7. The maximum atomic E-state index is 2.74. The van der Waals surface area contributed by atoms with Gasteiger partial charge in [0.15, 0.2) is 0 Å². The van der Waals surface area contributed by atoms with Crippen LogP contribution >= 0.6 is 11.3 Å². The number of hydrogen-bond acceptors (Lipinski definition) is 3. The predicted molar refractivity (Wildman–Crippen MR) is 468 cm³/mol. The second kappa shape index (κ2) is 25.9. The molecule has 17 aromatic rings. The molecule has 0 bridgehead atoms. The molecule has 0 aliphatic carbocycles. The van der Waals surface area contributed by atoms with Crippen LogP contribution in [0, 0.1) is 0 Å². The Morgan fingerprint density at radius 1 is 0.231 bits per heavy atom. The summed E-state index contributed by atoms with van der Waals surface area (Å²) >= 11 is 1.87. The first-order valence-corrected chi connectivity index (χ1v) is 39.0. The molecule has 2 aliphatic rings. The maximum absolute atomic E-state index is 2.74. The second-order valence-corrected chi connectivity index (χ2v) is 33.8. The van der Waals surface area contributed by atoms with Gasteiger partial charge in [0.25, 0.3) is 6.71 Å². The molecule has 0 saturated carbocycles. The average Bonchev–Trinajstić information content (AvgIpc) is 0.770. The molecule has 0 fully saturated rings. The maximum Gasteiger partial charge on any atom is 0.252 e. The van der Waals surface area contributed by atoms with Crippen molar-refractivity contribution >= 4 is 110 Å². The van der Waals surface area contributed by atoms with Gasteiger partial charge in [0, 0.05) is 65.2 Å². The molecule has 19 rings (SSSR count). The third kappa shape index (κ3) is 11.3. The number of benzene rings is 16. The minimum Gasteiger partial charge on any atom is -0.310 e. The monoisotopic (exact) mass is 1400 g/mol. The van der Waals surface area contributed by atoms with Gasteiger partial charge in [-0.05, 0) is 210 Å². The van der Waals surface area contributed by atoms with Gasteiger partial charge < -0.3 is 9.80 Å². The molecule has 0 unspecified atom stereocenters. The number of hydrogen-bond donors (Lipinski definition) is 0. The zero-order valence-electron chi connectivity index (χ0n) is 62.7. The minimum absolute atomic E-state index is 0.186. The minimum atomic E-state index is -0.326. The van der Waals surface area contributed by atoms with Crippen LogP contribution in [0.1, 0.15) is 79.0 Å². The van der Waals surface area contributed by atoms with Crippen LogP contribution in [0.2, 0.25) is 0 Å². The molecule has 1 aromatic heterocycles. The number of anilines is 6. The van der Waals surface area contributed by atoms with Crippen LogP contribution in [-0.2, 0) is 16.2 Å². The van der Waals surface area contributed by atoms with E-state index in [-0.39, 0.29) is 23.0 Å². The zero-order valence-corrected chi connectivity index (χ0v) is 63.5. The van der Waals surface area contributed by atoms with E-state index in [0.717, 1.165) is 50.7 Å². The molecule has 108 heavy (non-hydrogen) atoms.